The molecule has 0 aliphatic carbocycles. The summed E-state index contributed by atoms with van der Waals surface area (Å²) in [7, 11) is 2.18. The van der Waals surface area contributed by atoms with Crippen molar-refractivity contribution >= 4 is 0 Å². The Morgan fingerprint density at radius 2 is 2.14 bits per heavy atom. The Balaban J connectivity index is 2.17. The summed E-state index contributed by atoms with van der Waals surface area (Å²) in [4.78, 5) is 4.91. The largest absolute Gasteiger partial charge is 0.393 e. The lowest BCUT2D eigenvalue weighted by molar-refractivity contribution is 0.0924. The Hall–Kier alpha value is -0.120. The lowest BCUT2D eigenvalue weighted by Gasteiger charge is -2.38. The highest BCUT2D eigenvalue weighted by molar-refractivity contribution is 4.77. The maximum absolute atomic E-state index is 9.16. The predicted molar refractivity (Wildman–Crippen MR) is 59.4 cm³/mol. The van der Waals surface area contributed by atoms with Gasteiger partial charge in [0.25, 0.3) is 0 Å². The number of hydrogen-bond acceptors (Lipinski definition) is 3. The van der Waals surface area contributed by atoms with Gasteiger partial charge in [0.2, 0.25) is 0 Å². The zero-order valence-electron chi connectivity index (χ0n) is 9.74. The van der Waals surface area contributed by atoms with Crippen molar-refractivity contribution in [1.29, 1.82) is 0 Å². The van der Waals surface area contributed by atoms with Gasteiger partial charge in [-0.05, 0) is 40.3 Å². The van der Waals surface area contributed by atoms with E-state index in [1.54, 1.807) is 0 Å². The highest BCUT2D eigenvalue weighted by Crippen LogP contribution is 2.09. The van der Waals surface area contributed by atoms with E-state index >= 15 is 0 Å². The number of nitrogens with zero attached hydrogens (tertiary/aromatic N) is 2. The molecule has 3 heteroatoms. The first kappa shape index (κ1) is 12.0. The quantitative estimate of drug-likeness (QED) is 0.726. The summed E-state index contributed by atoms with van der Waals surface area (Å²) in [6.45, 7) is 8.83. The second-order valence-electron chi connectivity index (χ2n) is 4.64. The maximum Gasteiger partial charge on any atom is 0.0512 e. The normalized spacial score (nSPS) is 27.9. The van der Waals surface area contributed by atoms with Crippen molar-refractivity contribution in [3.05, 3.63) is 0 Å². The molecule has 0 spiro atoms. The molecule has 1 fully saturated rings. The molecule has 3 nitrogen and oxygen atoms in total. The third-order valence-corrected chi connectivity index (χ3v) is 3.04. The molecule has 1 rings (SSSR count). The lowest BCUT2D eigenvalue weighted by atomic mass is 10.1. The van der Waals surface area contributed by atoms with Gasteiger partial charge in [0.15, 0.2) is 0 Å². The van der Waals surface area contributed by atoms with Crippen LogP contribution in [0, 0.1) is 0 Å². The van der Waals surface area contributed by atoms with Gasteiger partial charge in [0.05, 0.1) is 6.10 Å². The van der Waals surface area contributed by atoms with E-state index in [1.807, 2.05) is 6.92 Å². The van der Waals surface area contributed by atoms with Gasteiger partial charge in [-0.3, -0.25) is 4.90 Å². The Kier molecular flexibility index (Phi) is 4.85. The van der Waals surface area contributed by atoms with Crippen LogP contribution in [0.25, 0.3) is 0 Å². The van der Waals surface area contributed by atoms with Crippen LogP contribution < -0.4 is 0 Å². The minimum absolute atomic E-state index is 0.141. The summed E-state index contributed by atoms with van der Waals surface area (Å²) >= 11 is 0. The van der Waals surface area contributed by atoms with Crippen molar-refractivity contribution in [2.24, 2.45) is 0 Å². The Bertz CT molecular complexity index is 161. The van der Waals surface area contributed by atoms with E-state index < -0.39 is 0 Å². The smallest absolute Gasteiger partial charge is 0.0512 e. The molecule has 1 N–H and O–H groups in total. The third kappa shape index (κ3) is 3.95. The molecule has 0 aromatic heterocycles. The number of hydrogen-bond donors (Lipinski definition) is 1. The molecule has 1 aliphatic rings. The van der Waals surface area contributed by atoms with E-state index in [4.69, 9.17) is 5.11 Å². The fourth-order valence-electron chi connectivity index (χ4n) is 2.10. The van der Waals surface area contributed by atoms with Crippen LogP contribution in [0.3, 0.4) is 0 Å². The highest BCUT2D eigenvalue weighted by Gasteiger charge is 2.20. The van der Waals surface area contributed by atoms with Crippen molar-refractivity contribution in [3.8, 4) is 0 Å². The molecule has 0 radical (unpaired) electrons. The average molecular weight is 200 g/mol. The molecular weight excluding hydrogens is 176 g/mol. The van der Waals surface area contributed by atoms with Crippen LogP contribution in [-0.4, -0.2) is 60.3 Å². The summed E-state index contributed by atoms with van der Waals surface area (Å²) < 4.78 is 0. The number of likely N-dealkylation sites (N-methyl/N-ethyl adjacent to an activating group) is 1. The average Bonchev–Trinajstić information content (AvgIpc) is 2.08. The summed E-state index contributed by atoms with van der Waals surface area (Å²) in [6.07, 6.45) is 1.91. The zero-order chi connectivity index (χ0) is 10.6. The maximum atomic E-state index is 9.16. The first-order valence-electron chi connectivity index (χ1n) is 5.70. The van der Waals surface area contributed by atoms with Crippen molar-refractivity contribution in [2.45, 2.75) is 38.8 Å². The van der Waals surface area contributed by atoms with Crippen LogP contribution in [0.1, 0.15) is 26.7 Å². The standard InChI is InChI=1S/C11H24N2O/c1-10-9-12(3)7-8-13(10)6-4-5-11(2)14/h10-11,14H,4-9H2,1-3H3. The van der Waals surface area contributed by atoms with Crippen molar-refractivity contribution < 1.29 is 5.11 Å². The molecule has 1 aliphatic heterocycles. The van der Waals surface area contributed by atoms with Crippen LogP contribution in [0.5, 0.6) is 0 Å². The summed E-state index contributed by atoms with van der Waals surface area (Å²) in [5.74, 6) is 0. The van der Waals surface area contributed by atoms with E-state index in [2.05, 4.69) is 23.8 Å². The van der Waals surface area contributed by atoms with E-state index in [1.165, 1.54) is 19.6 Å². The molecule has 1 heterocycles. The van der Waals surface area contributed by atoms with Crippen molar-refractivity contribution in [3.63, 3.8) is 0 Å². The van der Waals surface area contributed by atoms with Gasteiger partial charge in [-0.25, -0.2) is 0 Å². The fourth-order valence-corrected chi connectivity index (χ4v) is 2.10. The van der Waals surface area contributed by atoms with Crippen LogP contribution in [0.15, 0.2) is 0 Å². The molecule has 84 valence electrons. The number of piperazine rings is 1. The van der Waals surface area contributed by atoms with Crippen LogP contribution in [0.4, 0.5) is 0 Å². The predicted octanol–water partition coefficient (Wildman–Crippen LogP) is 0.783. The van der Waals surface area contributed by atoms with Crippen molar-refractivity contribution in [1.82, 2.24) is 9.80 Å². The third-order valence-electron chi connectivity index (χ3n) is 3.04. The van der Waals surface area contributed by atoms with E-state index in [-0.39, 0.29) is 6.10 Å². The monoisotopic (exact) mass is 200 g/mol. The van der Waals surface area contributed by atoms with Gasteiger partial charge in [-0.2, -0.15) is 0 Å². The fraction of sp³-hybridized carbons (Fsp3) is 1.00. The molecule has 0 saturated carbocycles. The molecule has 0 amide bonds. The molecular formula is C11H24N2O. The Morgan fingerprint density at radius 3 is 2.71 bits per heavy atom. The van der Waals surface area contributed by atoms with Gasteiger partial charge in [0, 0.05) is 25.7 Å². The molecule has 2 atom stereocenters. The summed E-state index contributed by atoms with van der Waals surface area (Å²) in [5, 5.41) is 9.16. The Morgan fingerprint density at radius 1 is 1.43 bits per heavy atom. The van der Waals surface area contributed by atoms with Crippen molar-refractivity contribution in [2.75, 3.05) is 33.2 Å². The van der Waals surface area contributed by atoms with E-state index in [0.29, 0.717) is 6.04 Å². The number of rotatable bonds is 4. The minimum Gasteiger partial charge on any atom is -0.393 e. The number of aliphatic hydroxyl groups excluding tert-OH is 1. The molecule has 0 bridgehead atoms. The Labute approximate surface area is 87.7 Å². The SMILES string of the molecule is CC(O)CCCN1CCN(C)CC1C. The second kappa shape index (κ2) is 5.69. The second-order valence-corrected chi connectivity index (χ2v) is 4.64. The van der Waals surface area contributed by atoms with Gasteiger partial charge >= 0.3 is 0 Å². The molecule has 2 unspecified atom stereocenters. The van der Waals surface area contributed by atoms with Crippen LogP contribution >= 0.6 is 0 Å². The lowest BCUT2D eigenvalue weighted by Crippen LogP contribution is -2.50. The molecule has 0 aromatic rings. The zero-order valence-corrected chi connectivity index (χ0v) is 9.74. The minimum atomic E-state index is -0.141. The van der Waals surface area contributed by atoms with E-state index in [9.17, 15) is 0 Å². The summed E-state index contributed by atoms with van der Waals surface area (Å²) in [6, 6.07) is 0.669. The van der Waals surface area contributed by atoms with Gasteiger partial charge in [-0.15, -0.1) is 0 Å². The summed E-state index contributed by atoms with van der Waals surface area (Å²) in [5.41, 5.74) is 0. The van der Waals surface area contributed by atoms with E-state index in [0.717, 1.165) is 19.4 Å². The van der Waals surface area contributed by atoms with Crippen LogP contribution in [0.2, 0.25) is 0 Å². The molecule has 0 aromatic carbocycles. The topological polar surface area (TPSA) is 26.7 Å². The first-order valence-corrected chi connectivity index (χ1v) is 5.70. The van der Waals surface area contributed by atoms with Crippen LogP contribution in [-0.2, 0) is 0 Å². The molecule has 14 heavy (non-hydrogen) atoms. The van der Waals surface area contributed by atoms with Gasteiger partial charge in [-0.1, -0.05) is 0 Å². The number of aliphatic hydroxyl groups is 1. The first-order chi connectivity index (χ1) is 6.59. The molecule has 1 saturated heterocycles. The van der Waals surface area contributed by atoms with Gasteiger partial charge < -0.3 is 10.0 Å². The highest BCUT2D eigenvalue weighted by atomic mass is 16.3. The van der Waals surface area contributed by atoms with Gasteiger partial charge in [0.1, 0.15) is 0 Å².